The van der Waals surface area contributed by atoms with Crippen LogP contribution in [0.5, 0.6) is 0 Å². The van der Waals surface area contributed by atoms with Crippen molar-refractivity contribution in [2.24, 2.45) is 0 Å². The predicted octanol–water partition coefficient (Wildman–Crippen LogP) is 5.51. The summed E-state index contributed by atoms with van der Waals surface area (Å²) in [6.45, 7) is 5.25. The number of benzene rings is 2. The maximum Gasteiger partial charge on any atom is 0.321 e. The Morgan fingerprint density at radius 2 is 1.42 bits per heavy atom. The molecule has 0 aromatic heterocycles. The zero-order valence-electron chi connectivity index (χ0n) is 14.7. The molecule has 0 aliphatic carbocycles. The Bertz CT molecular complexity index is 753. The highest BCUT2D eigenvalue weighted by molar-refractivity contribution is 7.00. The second-order valence-electron chi connectivity index (χ2n) is 6.34. The molecule has 0 spiro atoms. The maximum atomic E-state index is 13.0. The number of rotatable bonds is 4. The Balaban J connectivity index is 0.00000163. The van der Waals surface area contributed by atoms with Gasteiger partial charge >= 0.3 is 15.1 Å². The van der Waals surface area contributed by atoms with Crippen LogP contribution in [0.3, 0.4) is 0 Å². The number of hydrogen-bond donors (Lipinski definition) is 0. The van der Waals surface area contributed by atoms with Gasteiger partial charge < -0.3 is 4.74 Å². The van der Waals surface area contributed by atoms with E-state index in [1.165, 1.54) is 9.12 Å². The molecule has 0 N–H and O–H groups in total. The van der Waals surface area contributed by atoms with Crippen LogP contribution < -0.4 is 0 Å². The first-order chi connectivity index (χ1) is 12.2. The van der Waals surface area contributed by atoms with Crippen molar-refractivity contribution in [1.29, 1.82) is 0 Å². The number of carbonyl (C=O) groups excluding carboxylic acids is 2. The van der Waals surface area contributed by atoms with Crippen molar-refractivity contribution in [2.75, 3.05) is 0 Å². The Labute approximate surface area is 165 Å². The number of esters is 1. The molecule has 0 saturated carbocycles. The zero-order chi connectivity index (χ0) is 19.9. The number of ketones is 1. The summed E-state index contributed by atoms with van der Waals surface area (Å²) < 4.78 is 13.6. The van der Waals surface area contributed by atoms with E-state index in [0.717, 1.165) is 0 Å². The van der Waals surface area contributed by atoms with E-state index in [2.05, 4.69) is 0 Å². The highest BCUT2D eigenvalue weighted by Gasteiger charge is 2.35. The van der Waals surface area contributed by atoms with Crippen LogP contribution >= 0.6 is 32.3 Å². The number of hydrogen-bond acceptors (Lipinski definition) is 4. The molecule has 0 amide bonds. The summed E-state index contributed by atoms with van der Waals surface area (Å²) in [5, 5.41) is 0.411. The van der Waals surface area contributed by atoms with E-state index in [1.54, 1.807) is 63.2 Å². The molecule has 2 unspecified atom stereocenters. The minimum Gasteiger partial charge on any atom is -0.459 e. The molecule has 4 nitrogen and oxygen atoms in total. The van der Waals surface area contributed by atoms with Gasteiger partial charge in [-0.15, -0.1) is 0 Å². The molecule has 2 aromatic carbocycles. The van der Waals surface area contributed by atoms with Crippen LogP contribution in [0.15, 0.2) is 48.5 Å². The van der Waals surface area contributed by atoms with Crippen LogP contribution in [-0.4, -0.2) is 17.4 Å². The summed E-state index contributed by atoms with van der Waals surface area (Å²) in [6, 6.07) is 13.5. The summed E-state index contributed by atoms with van der Waals surface area (Å²) in [5.41, 5.74) is -0.0532. The fourth-order valence-electron chi connectivity index (χ4n) is 2.28. The molecule has 138 valence electrons. The lowest BCUT2D eigenvalue weighted by atomic mass is 9.90. The van der Waals surface area contributed by atoms with Gasteiger partial charge in [0.1, 0.15) is 11.5 Å². The second kappa shape index (κ2) is 9.82. The number of carbonyl (C=O) groups is 2. The van der Waals surface area contributed by atoms with Crippen LogP contribution in [0.25, 0.3) is 0 Å². The minimum atomic E-state index is -1.12. The van der Waals surface area contributed by atoms with Gasteiger partial charge in [-0.25, -0.2) is 0 Å². The van der Waals surface area contributed by atoms with Gasteiger partial charge in [0.05, 0.1) is 15.6 Å². The van der Waals surface area contributed by atoms with Gasteiger partial charge in [0, 0.05) is 0 Å². The molecule has 0 bridgehead atoms. The molecular formula is C19H20Cl2O4P+. The van der Waals surface area contributed by atoms with E-state index in [0.29, 0.717) is 5.56 Å². The third kappa shape index (κ3) is 5.91. The molecule has 2 rings (SSSR count). The third-order valence-corrected chi connectivity index (χ3v) is 3.88. The van der Waals surface area contributed by atoms with E-state index >= 15 is 0 Å². The van der Waals surface area contributed by atoms with Crippen molar-refractivity contribution >= 4 is 44.1 Å². The molecule has 0 aliphatic rings. The van der Waals surface area contributed by atoms with Crippen molar-refractivity contribution in [3.8, 4) is 0 Å². The summed E-state index contributed by atoms with van der Waals surface area (Å²) >= 11 is 12.3. The Morgan fingerprint density at radius 1 is 0.923 bits per heavy atom. The van der Waals surface area contributed by atoms with E-state index in [-0.39, 0.29) is 15.6 Å². The lowest BCUT2D eigenvalue weighted by Crippen LogP contribution is -2.31. The highest BCUT2D eigenvalue weighted by atomic mass is 35.5. The average molecular weight is 414 g/mol. The molecule has 0 fully saturated rings. The monoisotopic (exact) mass is 413 g/mol. The molecule has 7 heteroatoms. The van der Waals surface area contributed by atoms with Crippen molar-refractivity contribution in [2.45, 2.75) is 32.3 Å². The van der Waals surface area contributed by atoms with E-state index in [4.69, 9.17) is 32.5 Å². The first-order valence-corrected chi connectivity index (χ1v) is 8.93. The van der Waals surface area contributed by atoms with Gasteiger partial charge in [0.2, 0.25) is 0 Å². The van der Waals surface area contributed by atoms with Gasteiger partial charge in [-0.3, -0.25) is 9.59 Å². The zero-order valence-corrected chi connectivity index (χ0v) is 17.3. The smallest absolute Gasteiger partial charge is 0.321 e. The number of halogens is 2. The highest BCUT2D eigenvalue weighted by Crippen LogP contribution is 2.32. The molecule has 0 heterocycles. The number of Topliss-reactive ketones (excluding diaryl/α,β-unsaturated/α-hetero) is 1. The minimum absolute atomic E-state index is 0.126. The summed E-state index contributed by atoms with van der Waals surface area (Å²) in [7, 11) is 1.17. The van der Waals surface area contributed by atoms with Crippen LogP contribution in [0, 0.1) is 0 Å². The molecular weight excluding hydrogens is 394 g/mol. The Kier molecular flexibility index (Phi) is 8.42. The quantitative estimate of drug-likeness (QED) is 0.287. The van der Waals surface area contributed by atoms with Crippen LogP contribution in [0.1, 0.15) is 42.6 Å². The first-order valence-electron chi connectivity index (χ1n) is 7.70. The van der Waals surface area contributed by atoms with E-state index in [9.17, 15) is 9.59 Å². The normalized spacial score (nSPS) is 11.7. The lowest BCUT2D eigenvalue weighted by molar-refractivity contribution is -0.155. The SMILES string of the molecule is CC(C)(C)OC(=O)C(C(=O)c1c(Cl)cccc1Cl)c1ccccc1.O=[PH2+]. The van der Waals surface area contributed by atoms with Crippen molar-refractivity contribution < 1.29 is 18.9 Å². The Hall–Kier alpha value is -1.74. The largest absolute Gasteiger partial charge is 0.459 e. The van der Waals surface area contributed by atoms with Crippen molar-refractivity contribution in [1.82, 2.24) is 0 Å². The molecule has 2 atom stereocenters. The first kappa shape index (κ1) is 22.3. The number of ether oxygens (including phenoxy) is 1. The van der Waals surface area contributed by atoms with Gasteiger partial charge in [0.25, 0.3) is 0 Å². The Morgan fingerprint density at radius 3 is 1.88 bits per heavy atom. The van der Waals surface area contributed by atoms with Crippen LogP contribution in [0.2, 0.25) is 10.0 Å². The average Bonchev–Trinajstić information content (AvgIpc) is 2.56. The van der Waals surface area contributed by atoms with Crippen molar-refractivity contribution in [3.05, 3.63) is 69.7 Å². The summed E-state index contributed by atoms with van der Waals surface area (Å²) in [6.07, 6.45) is 0. The van der Waals surface area contributed by atoms with Crippen LogP contribution in [-0.2, 0) is 14.1 Å². The lowest BCUT2D eigenvalue weighted by Gasteiger charge is -2.24. The van der Waals surface area contributed by atoms with Gasteiger partial charge in [-0.1, -0.05) is 64.2 Å². The molecule has 0 radical (unpaired) electrons. The topological polar surface area (TPSA) is 60.4 Å². The standard InChI is InChI=1S/C19H18Cl2O3.H2OP/c1-19(2,3)24-18(23)15(12-8-5-4-6-9-12)17(22)16-13(20)10-7-11-14(16)21;1-2/h4-11,15H,1-3H3;2H2/q;+1. The van der Waals surface area contributed by atoms with Gasteiger partial charge in [0.15, 0.2) is 5.78 Å². The fraction of sp³-hybridized carbons (Fsp3) is 0.263. The molecule has 0 saturated heterocycles. The van der Waals surface area contributed by atoms with E-state index in [1.807, 2.05) is 6.07 Å². The molecule has 2 aromatic rings. The summed E-state index contributed by atoms with van der Waals surface area (Å²) in [4.78, 5) is 25.7. The molecule has 0 aliphatic heterocycles. The summed E-state index contributed by atoms with van der Waals surface area (Å²) in [5.74, 6) is -2.23. The maximum absolute atomic E-state index is 13.0. The van der Waals surface area contributed by atoms with Crippen LogP contribution in [0.4, 0.5) is 0 Å². The van der Waals surface area contributed by atoms with Gasteiger partial charge in [-0.2, -0.15) is 0 Å². The third-order valence-electron chi connectivity index (χ3n) is 3.25. The molecule has 26 heavy (non-hydrogen) atoms. The van der Waals surface area contributed by atoms with E-state index < -0.39 is 23.3 Å². The van der Waals surface area contributed by atoms with Gasteiger partial charge in [-0.05, 0) is 38.5 Å². The van der Waals surface area contributed by atoms with Crippen molar-refractivity contribution in [3.63, 3.8) is 0 Å². The fourth-order valence-corrected chi connectivity index (χ4v) is 2.86. The predicted molar refractivity (Wildman–Crippen MR) is 106 cm³/mol. The second-order valence-corrected chi connectivity index (χ2v) is 7.15.